The smallest absolute Gasteiger partial charge is 0.151 e. The first-order valence-corrected chi connectivity index (χ1v) is 7.63. The lowest BCUT2D eigenvalue weighted by Gasteiger charge is -2.05. The van der Waals surface area contributed by atoms with Crippen molar-refractivity contribution in [3.8, 4) is 16.8 Å². The van der Waals surface area contributed by atoms with E-state index in [-0.39, 0.29) is 0 Å². The lowest BCUT2D eigenvalue weighted by Crippen LogP contribution is -1.95. The molecule has 0 radical (unpaired) electrons. The Morgan fingerprint density at radius 3 is 2.80 bits per heavy atom. The fraction of sp³-hybridized carbons (Fsp3) is 0.200. The predicted molar refractivity (Wildman–Crippen MR) is 81.0 cm³/mol. The number of nitrogens with zero attached hydrogens (tertiary/aromatic N) is 3. The van der Waals surface area contributed by atoms with Gasteiger partial charge in [0, 0.05) is 6.04 Å². The zero-order valence-electron chi connectivity index (χ0n) is 10.5. The van der Waals surface area contributed by atoms with Crippen LogP contribution < -0.4 is 0 Å². The van der Waals surface area contributed by atoms with Crippen LogP contribution in [0.5, 0.6) is 0 Å². The minimum Gasteiger partial charge on any atom is -0.320 e. The molecule has 4 rings (SSSR count). The van der Waals surface area contributed by atoms with E-state index in [0.717, 1.165) is 26.1 Å². The van der Waals surface area contributed by atoms with Crippen molar-refractivity contribution in [3.63, 3.8) is 0 Å². The molecule has 1 aliphatic carbocycles. The Balaban J connectivity index is 1.99. The van der Waals surface area contributed by atoms with Crippen LogP contribution in [-0.4, -0.2) is 9.55 Å². The summed E-state index contributed by atoms with van der Waals surface area (Å²) < 4.78 is 3.06. The van der Waals surface area contributed by atoms with Crippen LogP contribution in [0.3, 0.4) is 0 Å². The number of nitriles is 1. The minimum absolute atomic E-state index is 0.531. The van der Waals surface area contributed by atoms with Crippen LogP contribution in [0.4, 0.5) is 0 Å². The number of benzene rings is 1. The molecule has 2 aromatic heterocycles. The summed E-state index contributed by atoms with van der Waals surface area (Å²) in [6.45, 7) is 0. The van der Waals surface area contributed by atoms with Gasteiger partial charge in [-0.1, -0.05) is 11.6 Å². The van der Waals surface area contributed by atoms with Crippen molar-refractivity contribution in [2.75, 3.05) is 0 Å². The highest BCUT2D eigenvalue weighted by molar-refractivity contribution is 7.19. The summed E-state index contributed by atoms with van der Waals surface area (Å²) in [6.07, 6.45) is 2.38. The van der Waals surface area contributed by atoms with Crippen LogP contribution in [0.25, 0.3) is 21.7 Å². The van der Waals surface area contributed by atoms with E-state index >= 15 is 0 Å². The number of aromatic nitrogens is 2. The van der Waals surface area contributed by atoms with E-state index < -0.39 is 0 Å². The number of thiophene rings is 1. The molecule has 1 aromatic carbocycles. The summed E-state index contributed by atoms with van der Waals surface area (Å²) in [6, 6.07) is 12.3. The largest absolute Gasteiger partial charge is 0.320 e. The topological polar surface area (TPSA) is 41.6 Å². The average Bonchev–Trinajstić information content (AvgIpc) is 3.09. The quantitative estimate of drug-likeness (QED) is 0.692. The predicted octanol–water partition coefficient (Wildman–Crippen LogP) is 4.62. The molecule has 0 N–H and O–H groups in total. The molecule has 2 heterocycles. The van der Waals surface area contributed by atoms with Gasteiger partial charge in [0.15, 0.2) is 5.82 Å². The van der Waals surface area contributed by atoms with Crippen molar-refractivity contribution < 1.29 is 0 Å². The van der Waals surface area contributed by atoms with Gasteiger partial charge in [0.1, 0.15) is 0 Å². The molecule has 0 saturated heterocycles. The van der Waals surface area contributed by atoms with Gasteiger partial charge in [-0.15, -0.1) is 11.3 Å². The lowest BCUT2D eigenvalue weighted by atomic mass is 10.2. The van der Waals surface area contributed by atoms with Gasteiger partial charge in [-0.3, -0.25) is 0 Å². The van der Waals surface area contributed by atoms with E-state index in [9.17, 15) is 0 Å². The number of rotatable bonds is 2. The fourth-order valence-corrected chi connectivity index (χ4v) is 3.51. The van der Waals surface area contributed by atoms with Gasteiger partial charge in [0.2, 0.25) is 0 Å². The van der Waals surface area contributed by atoms with Gasteiger partial charge in [-0.2, -0.15) is 5.26 Å². The van der Waals surface area contributed by atoms with Crippen molar-refractivity contribution in [1.82, 2.24) is 9.55 Å². The molecule has 0 amide bonds. The summed E-state index contributed by atoms with van der Waals surface area (Å²) in [5, 5.41) is 9.02. The fourth-order valence-electron chi connectivity index (χ4n) is 2.48. The van der Waals surface area contributed by atoms with Gasteiger partial charge in [0.05, 0.1) is 31.9 Å². The standard InChI is InChI=1S/C15H10ClN3S/c16-14-6-5-13(20-14)15-18-11-7-9(8-17)1-4-12(11)19(15)10-2-3-10/h1,4-7,10H,2-3H2. The Morgan fingerprint density at radius 1 is 1.30 bits per heavy atom. The first-order chi connectivity index (χ1) is 9.76. The van der Waals surface area contributed by atoms with Crippen LogP contribution in [0.15, 0.2) is 30.3 Å². The summed E-state index contributed by atoms with van der Waals surface area (Å²) in [5.41, 5.74) is 2.63. The van der Waals surface area contributed by atoms with Crippen molar-refractivity contribution in [3.05, 3.63) is 40.2 Å². The van der Waals surface area contributed by atoms with Crippen molar-refractivity contribution in [2.24, 2.45) is 0 Å². The second-order valence-corrected chi connectivity index (χ2v) is 6.67. The molecule has 20 heavy (non-hydrogen) atoms. The Bertz CT molecular complexity index is 852. The van der Waals surface area contributed by atoms with Gasteiger partial charge < -0.3 is 4.57 Å². The van der Waals surface area contributed by atoms with Crippen LogP contribution in [-0.2, 0) is 0 Å². The maximum atomic E-state index is 9.02. The number of hydrogen-bond acceptors (Lipinski definition) is 3. The molecule has 0 aliphatic heterocycles. The maximum absolute atomic E-state index is 9.02. The molecular weight excluding hydrogens is 290 g/mol. The van der Waals surface area contributed by atoms with E-state index in [1.165, 1.54) is 12.8 Å². The van der Waals surface area contributed by atoms with Crippen LogP contribution >= 0.6 is 22.9 Å². The zero-order chi connectivity index (χ0) is 13.7. The monoisotopic (exact) mass is 299 g/mol. The molecular formula is C15H10ClN3S. The Labute approximate surface area is 125 Å². The molecule has 0 atom stereocenters. The number of fused-ring (bicyclic) bond motifs is 1. The summed E-state index contributed by atoms with van der Waals surface area (Å²) in [4.78, 5) is 5.81. The Morgan fingerprint density at radius 2 is 2.15 bits per heavy atom. The molecule has 1 fully saturated rings. The second kappa shape index (κ2) is 4.34. The lowest BCUT2D eigenvalue weighted by molar-refractivity contribution is 0.777. The highest BCUT2D eigenvalue weighted by Crippen LogP contribution is 2.43. The van der Waals surface area contributed by atoms with Gasteiger partial charge in [-0.05, 0) is 43.2 Å². The van der Waals surface area contributed by atoms with Crippen LogP contribution in [0.1, 0.15) is 24.4 Å². The van der Waals surface area contributed by atoms with Gasteiger partial charge >= 0.3 is 0 Å². The maximum Gasteiger partial charge on any atom is 0.151 e. The highest BCUT2D eigenvalue weighted by atomic mass is 35.5. The van der Waals surface area contributed by atoms with Gasteiger partial charge in [-0.25, -0.2) is 4.98 Å². The van der Waals surface area contributed by atoms with E-state index in [0.29, 0.717) is 11.6 Å². The van der Waals surface area contributed by atoms with Crippen molar-refractivity contribution >= 4 is 34.0 Å². The van der Waals surface area contributed by atoms with Crippen molar-refractivity contribution in [1.29, 1.82) is 5.26 Å². The Kier molecular flexibility index (Phi) is 2.59. The van der Waals surface area contributed by atoms with Gasteiger partial charge in [0.25, 0.3) is 0 Å². The third-order valence-electron chi connectivity index (χ3n) is 3.52. The van der Waals surface area contributed by atoms with E-state index in [1.807, 2.05) is 30.3 Å². The van der Waals surface area contributed by atoms with Crippen LogP contribution in [0, 0.1) is 11.3 Å². The number of halogens is 1. The van der Waals surface area contributed by atoms with E-state index in [1.54, 1.807) is 11.3 Å². The van der Waals surface area contributed by atoms with Crippen LogP contribution in [0.2, 0.25) is 4.34 Å². The minimum atomic E-state index is 0.531. The third-order valence-corrected chi connectivity index (χ3v) is 4.75. The third kappa shape index (κ3) is 1.82. The SMILES string of the molecule is N#Cc1ccc2c(c1)nc(-c1ccc(Cl)s1)n2C1CC1. The molecule has 3 nitrogen and oxygen atoms in total. The van der Waals surface area contributed by atoms with Crippen molar-refractivity contribution in [2.45, 2.75) is 18.9 Å². The zero-order valence-corrected chi connectivity index (χ0v) is 12.1. The average molecular weight is 300 g/mol. The molecule has 1 saturated carbocycles. The summed E-state index contributed by atoms with van der Waals surface area (Å²) in [5.74, 6) is 0.967. The molecule has 0 bridgehead atoms. The molecule has 98 valence electrons. The first-order valence-electron chi connectivity index (χ1n) is 6.44. The molecule has 1 aliphatic rings. The molecule has 0 spiro atoms. The normalized spacial score (nSPS) is 14.6. The van der Waals surface area contributed by atoms with E-state index in [4.69, 9.17) is 21.8 Å². The number of imidazole rings is 1. The van der Waals surface area contributed by atoms with E-state index in [2.05, 4.69) is 10.6 Å². The Hall–Kier alpha value is -1.83. The molecule has 0 unspecified atom stereocenters. The summed E-state index contributed by atoms with van der Waals surface area (Å²) in [7, 11) is 0. The number of hydrogen-bond donors (Lipinski definition) is 0. The molecule has 3 aromatic rings. The first kappa shape index (κ1) is 12.0. The summed E-state index contributed by atoms with van der Waals surface area (Å²) >= 11 is 7.59. The highest BCUT2D eigenvalue weighted by Gasteiger charge is 2.29. The molecule has 5 heteroatoms. The second-order valence-electron chi connectivity index (χ2n) is 4.96.